The Morgan fingerprint density at radius 2 is 2.06 bits per heavy atom. The second-order valence-corrected chi connectivity index (χ2v) is 3.90. The molecular weight excluding hydrogens is 246 g/mol. The molecule has 0 spiro atoms. The Hall–Kier alpha value is -1.36. The Balaban J connectivity index is 3.09. The molecule has 5 heteroatoms. The molecule has 100 valence electrons. The van der Waals surface area contributed by atoms with E-state index in [1.165, 1.54) is 6.08 Å². The summed E-state index contributed by atoms with van der Waals surface area (Å²) in [6, 6.07) is 1.78. The van der Waals surface area contributed by atoms with Crippen LogP contribution in [-0.4, -0.2) is 6.54 Å². The highest BCUT2D eigenvalue weighted by atomic mass is 19.4. The smallest absolute Gasteiger partial charge is 0.307 e. The summed E-state index contributed by atoms with van der Waals surface area (Å²) in [7, 11) is 0. The predicted octanol–water partition coefficient (Wildman–Crippen LogP) is 4.07. The summed E-state index contributed by atoms with van der Waals surface area (Å²) >= 11 is 0. The SMILES string of the molecule is C=CC(NCCC)c1cc(C(F)(F)F)ccc1F. The molecule has 0 saturated carbocycles. The van der Waals surface area contributed by atoms with E-state index < -0.39 is 23.6 Å². The van der Waals surface area contributed by atoms with Crippen LogP contribution >= 0.6 is 0 Å². The predicted molar refractivity (Wildman–Crippen MR) is 62.6 cm³/mol. The van der Waals surface area contributed by atoms with Crippen molar-refractivity contribution in [2.24, 2.45) is 0 Å². The van der Waals surface area contributed by atoms with Crippen LogP contribution in [0.2, 0.25) is 0 Å². The molecule has 0 amide bonds. The quantitative estimate of drug-likeness (QED) is 0.622. The zero-order valence-corrected chi connectivity index (χ0v) is 10.0. The van der Waals surface area contributed by atoms with E-state index in [0.29, 0.717) is 6.54 Å². The zero-order valence-electron chi connectivity index (χ0n) is 10.0. The van der Waals surface area contributed by atoms with Crippen molar-refractivity contribution < 1.29 is 17.6 Å². The van der Waals surface area contributed by atoms with E-state index in [9.17, 15) is 17.6 Å². The molecule has 1 aromatic carbocycles. The molecule has 1 atom stereocenters. The standard InChI is InChI=1S/C13H15F4N/c1-3-7-18-12(4-2)10-8-9(13(15,16)17)5-6-11(10)14/h4-6,8,12,18H,2-3,7H2,1H3. The zero-order chi connectivity index (χ0) is 13.8. The largest absolute Gasteiger partial charge is 0.416 e. The van der Waals surface area contributed by atoms with Gasteiger partial charge in [0.25, 0.3) is 0 Å². The molecule has 0 saturated heterocycles. The summed E-state index contributed by atoms with van der Waals surface area (Å²) in [5.41, 5.74) is -0.891. The fraction of sp³-hybridized carbons (Fsp3) is 0.385. The highest BCUT2D eigenvalue weighted by molar-refractivity contribution is 5.31. The molecule has 0 aliphatic rings. The van der Waals surface area contributed by atoms with Gasteiger partial charge in [-0.25, -0.2) is 4.39 Å². The van der Waals surface area contributed by atoms with Crippen LogP contribution in [0.3, 0.4) is 0 Å². The Morgan fingerprint density at radius 3 is 2.56 bits per heavy atom. The minimum absolute atomic E-state index is 0.0340. The second-order valence-electron chi connectivity index (χ2n) is 3.90. The number of halogens is 4. The lowest BCUT2D eigenvalue weighted by Crippen LogP contribution is -2.21. The van der Waals surface area contributed by atoms with Crippen molar-refractivity contribution in [1.82, 2.24) is 5.32 Å². The van der Waals surface area contributed by atoms with Gasteiger partial charge in [0.1, 0.15) is 5.82 Å². The maximum absolute atomic E-state index is 13.6. The highest BCUT2D eigenvalue weighted by Crippen LogP contribution is 2.32. The summed E-state index contributed by atoms with van der Waals surface area (Å²) < 4.78 is 51.2. The van der Waals surface area contributed by atoms with Crippen LogP contribution < -0.4 is 5.32 Å². The second kappa shape index (κ2) is 6.00. The normalized spacial score (nSPS) is 13.4. The molecule has 0 heterocycles. The van der Waals surface area contributed by atoms with E-state index in [1.54, 1.807) is 0 Å². The Bertz CT molecular complexity index is 412. The molecule has 0 aromatic heterocycles. The van der Waals surface area contributed by atoms with E-state index in [2.05, 4.69) is 11.9 Å². The summed E-state index contributed by atoms with van der Waals surface area (Å²) in [6.07, 6.45) is -2.28. The summed E-state index contributed by atoms with van der Waals surface area (Å²) in [5.74, 6) is -0.670. The summed E-state index contributed by atoms with van der Waals surface area (Å²) in [5, 5.41) is 2.93. The fourth-order valence-electron chi connectivity index (χ4n) is 1.58. The van der Waals surface area contributed by atoms with Crippen LogP contribution in [0.15, 0.2) is 30.9 Å². The number of hydrogen-bond acceptors (Lipinski definition) is 1. The molecule has 0 aliphatic carbocycles. The highest BCUT2D eigenvalue weighted by Gasteiger charge is 2.31. The first kappa shape index (κ1) is 14.7. The lowest BCUT2D eigenvalue weighted by molar-refractivity contribution is -0.137. The molecule has 1 unspecified atom stereocenters. The molecular formula is C13H15F4N. The molecule has 0 bridgehead atoms. The van der Waals surface area contributed by atoms with Crippen LogP contribution in [0, 0.1) is 5.82 Å². The lowest BCUT2D eigenvalue weighted by Gasteiger charge is -2.17. The molecule has 18 heavy (non-hydrogen) atoms. The van der Waals surface area contributed by atoms with Crippen LogP contribution in [0.25, 0.3) is 0 Å². The number of hydrogen-bond donors (Lipinski definition) is 1. The topological polar surface area (TPSA) is 12.0 Å². The van der Waals surface area contributed by atoms with Gasteiger partial charge in [-0.15, -0.1) is 6.58 Å². The lowest BCUT2D eigenvalue weighted by atomic mass is 10.0. The molecule has 1 nitrogen and oxygen atoms in total. The van der Waals surface area contributed by atoms with Crippen molar-refractivity contribution in [1.29, 1.82) is 0 Å². The first-order valence-corrected chi connectivity index (χ1v) is 5.62. The molecule has 0 radical (unpaired) electrons. The van der Waals surface area contributed by atoms with Gasteiger partial charge in [0.15, 0.2) is 0 Å². The van der Waals surface area contributed by atoms with Crippen molar-refractivity contribution in [2.75, 3.05) is 6.54 Å². The van der Waals surface area contributed by atoms with Crippen molar-refractivity contribution in [2.45, 2.75) is 25.6 Å². The van der Waals surface area contributed by atoms with Crippen LogP contribution in [0.4, 0.5) is 17.6 Å². The Labute approximate surface area is 104 Å². The van der Waals surface area contributed by atoms with Gasteiger partial charge in [-0.3, -0.25) is 0 Å². The maximum Gasteiger partial charge on any atom is 0.416 e. The van der Waals surface area contributed by atoms with E-state index in [1.807, 2.05) is 6.92 Å². The first-order valence-electron chi connectivity index (χ1n) is 5.62. The summed E-state index contributed by atoms with van der Waals surface area (Å²) in [6.45, 7) is 6.00. The first-order chi connectivity index (χ1) is 8.40. The van der Waals surface area contributed by atoms with Crippen LogP contribution in [0.1, 0.15) is 30.5 Å². The molecule has 0 fully saturated rings. The van der Waals surface area contributed by atoms with E-state index >= 15 is 0 Å². The van der Waals surface area contributed by atoms with Gasteiger partial charge in [0.2, 0.25) is 0 Å². The molecule has 1 N–H and O–H groups in total. The van der Waals surface area contributed by atoms with Gasteiger partial charge in [-0.2, -0.15) is 13.2 Å². The van der Waals surface area contributed by atoms with E-state index in [4.69, 9.17) is 0 Å². The Kier molecular flexibility index (Phi) is 4.90. The Morgan fingerprint density at radius 1 is 1.39 bits per heavy atom. The van der Waals surface area contributed by atoms with Gasteiger partial charge in [-0.05, 0) is 31.2 Å². The number of alkyl halides is 3. The molecule has 1 aromatic rings. The third-order valence-corrected chi connectivity index (χ3v) is 2.51. The number of benzene rings is 1. The van der Waals surface area contributed by atoms with Crippen molar-refractivity contribution in [3.63, 3.8) is 0 Å². The van der Waals surface area contributed by atoms with Gasteiger partial charge in [0.05, 0.1) is 11.6 Å². The molecule has 0 aliphatic heterocycles. The van der Waals surface area contributed by atoms with E-state index in [-0.39, 0.29) is 5.56 Å². The van der Waals surface area contributed by atoms with Gasteiger partial charge in [-0.1, -0.05) is 13.0 Å². The average molecular weight is 261 g/mol. The van der Waals surface area contributed by atoms with Crippen molar-refractivity contribution in [3.05, 3.63) is 47.8 Å². The number of nitrogens with one attached hydrogen (secondary N) is 1. The molecule has 1 rings (SSSR count). The third kappa shape index (κ3) is 3.57. The van der Waals surface area contributed by atoms with Gasteiger partial charge in [0, 0.05) is 5.56 Å². The van der Waals surface area contributed by atoms with Gasteiger partial charge >= 0.3 is 6.18 Å². The minimum Gasteiger partial charge on any atom is -0.307 e. The number of rotatable bonds is 5. The minimum atomic E-state index is -4.47. The monoisotopic (exact) mass is 261 g/mol. The van der Waals surface area contributed by atoms with Crippen molar-refractivity contribution in [3.8, 4) is 0 Å². The third-order valence-electron chi connectivity index (χ3n) is 2.51. The maximum atomic E-state index is 13.6. The summed E-state index contributed by atoms with van der Waals surface area (Å²) in [4.78, 5) is 0. The van der Waals surface area contributed by atoms with Crippen molar-refractivity contribution >= 4 is 0 Å². The van der Waals surface area contributed by atoms with Crippen LogP contribution in [0.5, 0.6) is 0 Å². The van der Waals surface area contributed by atoms with E-state index in [0.717, 1.165) is 24.6 Å². The fourth-order valence-corrected chi connectivity index (χ4v) is 1.58. The van der Waals surface area contributed by atoms with Gasteiger partial charge < -0.3 is 5.32 Å². The van der Waals surface area contributed by atoms with Crippen LogP contribution in [-0.2, 0) is 6.18 Å². The average Bonchev–Trinajstić information content (AvgIpc) is 2.30.